The number of hydrogen-bond donors (Lipinski definition) is 2. The number of primary amides is 1. The molecule has 1 amide bonds. The molecule has 0 unspecified atom stereocenters. The summed E-state index contributed by atoms with van der Waals surface area (Å²) in [5.74, 6) is 1.70. The smallest absolute Gasteiger partial charge is 0.220 e. The van der Waals surface area contributed by atoms with Crippen molar-refractivity contribution in [2.24, 2.45) is 11.7 Å². The van der Waals surface area contributed by atoms with Crippen molar-refractivity contribution >= 4 is 41.4 Å². The van der Waals surface area contributed by atoms with Gasteiger partial charge in [-0.3, -0.25) is 9.59 Å². The summed E-state index contributed by atoms with van der Waals surface area (Å²) in [6, 6.07) is 8.86. The van der Waals surface area contributed by atoms with Crippen molar-refractivity contribution in [2.75, 3.05) is 39.6 Å². The average molecular weight is 540 g/mol. The van der Waals surface area contributed by atoms with E-state index in [2.05, 4.69) is 4.90 Å². The molecule has 198 valence electrons. The lowest BCUT2D eigenvalue weighted by Crippen LogP contribution is -2.39. The molecule has 1 fully saturated rings. The highest BCUT2D eigenvalue weighted by molar-refractivity contribution is 6.33. The number of amides is 1. The van der Waals surface area contributed by atoms with Gasteiger partial charge in [-0.1, -0.05) is 11.6 Å². The van der Waals surface area contributed by atoms with Gasteiger partial charge in [0.2, 0.25) is 5.91 Å². The minimum absolute atomic E-state index is 0. The largest absolute Gasteiger partial charge is 0.497 e. The highest BCUT2D eigenvalue weighted by Gasteiger charge is 2.23. The van der Waals surface area contributed by atoms with Crippen molar-refractivity contribution in [2.45, 2.75) is 38.7 Å². The molecule has 2 aromatic rings. The van der Waals surface area contributed by atoms with E-state index in [0.717, 1.165) is 44.5 Å². The minimum atomic E-state index is -0.217. The van der Waals surface area contributed by atoms with E-state index in [1.54, 1.807) is 32.4 Å². The highest BCUT2D eigenvalue weighted by atomic mass is 35.5. The van der Waals surface area contributed by atoms with Crippen LogP contribution in [0.4, 0.5) is 5.69 Å². The average Bonchev–Trinajstić information content (AvgIpc) is 2.85. The Balaban J connectivity index is 0.00000456. The highest BCUT2D eigenvalue weighted by Crippen LogP contribution is 2.31. The number of hydrogen-bond acceptors (Lipinski definition) is 7. The van der Waals surface area contributed by atoms with Crippen LogP contribution in [0, 0.1) is 5.92 Å². The van der Waals surface area contributed by atoms with E-state index < -0.39 is 0 Å². The Labute approximate surface area is 223 Å². The first-order valence-electron chi connectivity index (χ1n) is 11.7. The number of halogens is 2. The van der Waals surface area contributed by atoms with Crippen molar-refractivity contribution in [3.8, 4) is 17.2 Å². The maximum absolute atomic E-state index is 12.7. The maximum atomic E-state index is 12.7. The molecule has 4 N–H and O–H groups in total. The molecular formula is C26H35Cl2N3O5. The predicted octanol–water partition coefficient (Wildman–Crippen LogP) is 4.03. The Kier molecular flexibility index (Phi) is 11.6. The number of nitrogens with zero attached hydrogens (tertiary/aromatic N) is 1. The molecule has 2 aromatic carbocycles. The summed E-state index contributed by atoms with van der Waals surface area (Å²) >= 11 is 6.24. The molecule has 0 radical (unpaired) electrons. The Bertz CT molecular complexity index is 1020. The van der Waals surface area contributed by atoms with Crippen LogP contribution in [0.3, 0.4) is 0 Å². The van der Waals surface area contributed by atoms with Gasteiger partial charge in [-0.05, 0) is 62.7 Å². The first-order chi connectivity index (χ1) is 16.8. The topological polar surface area (TPSA) is 117 Å². The first kappa shape index (κ1) is 29.5. The lowest BCUT2D eigenvalue weighted by atomic mass is 9.96. The monoisotopic (exact) mass is 539 g/mol. The number of anilines is 1. The standard InChI is InChI=1S/C26H34ClN3O5.ClH/c1-33-21-10-17(11-22(14-21)34-2)16-35-25-15-24(28)23(27)13-19(25)12-20(31)4-3-7-30-8-5-18(6-9-30)26(29)32;/h10-11,13-15,18H,3-9,12,16,28H2,1-2H3,(H2,29,32);1H. The van der Waals surface area contributed by atoms with Crippen LogP contribution in [-0.4, -0.2) is 50.4 Å². The van der Waals surface area contributed by atoms with E-state index in [0.29, 0.717) is 39.9 Å². The van der Waals surface area contributed by atoms with Gasteiger partial charge in [0.15, 0.2) is 0 Å². The summed E-state index contributed by atoms with van der Waals surface area (Å²) in [4.78, 5) is 26.3. The molecule has 1 aliphatic heterocycles. The molecule has 3 rings (SSSR count). The number of piperidine rings is 1. The Morgan fingerprint density at radius 3 is 2.28 bits per heavy atom. The minimum Gasteiger partial charge on any atom is -0.497 e. The summed E-state index contributed by atoms with van der Waals surface area (Å²) in [6.07, 6.45) is 2.98. The van der Waals surface area contributed by atoms with E-state index in [4.69, 9.17) is 37.3 Å². The Morgan fingerprint density at radius 2 is 1.69 bits per heavy atom. The number of rotatable bonds is 12. The number of likely N-dealkylation sites (tertiary alicyclic amines) is 1. The molecule has 0 saturated carbocycles. The molecular weight excluding hydrogens is 505 g/mol. The van der Waals surface area contributed by atoms with Gasteiger partial charge in [-0.2, -0.15) is 0 Å². The third-order valence-corrected chi connectivity index (χ3v) is 6.62. The zero-order valence-corrected chi connectivity index (χ0v) is 22.3. The molecule has 0 spiro atoms. The molecule has 0 aliphatic carbocycles. The van der Waals surface area contributed by atoms with Crippen LogP contribution in [0.5, 0.6) is 17.2 Å². The second-order valence-electron chi connectivity index (χ2n) is 8.83. The fourth-order valence-corrected chi connectivity index (χ4v) is 4.42. The van der Waals surface area contributed by atoms with Crippen LogP contribution < -0.4 is 25.7 Å². The van der Waals surface area contributed by atoms with Crippen molar-refractivity contribution in [3.63, 3.8) is 0 Å². The number of ether oxygens (including phenoxy) is 3. The molecule has 0 aromatic heterocycles. The van der Waals surface area contributed by atoms with Crippen LogP contribution in [0.15, 0.2) is 30.3 Å². The number of carbonyl (C=O) groups is 2. The van der Waals surface area contributed by atoms with E-state index >= 15 is 0 Å². The quantitative estimate of drug-likeness (QED) is 0.391. The number of Topliss-reactive ketones (excluding diaryl/α,β-unsaturated/α-hetero) is 1. The molecule has 1 heterocycles. The van der Waals surface area contributed by atoms with Gasteiger partial charge in [0.1, 0.15) is 29.6 Å². The fraction of sp³-hybridized carbons (Fsp3) is 0.462. The van der Waals surface area contributed by atoms with Gasteiger partial charge in [-0.25, -0.2) is 0 Å². The lowest BCUT2D eigenvalue weighted by molar-refractivity contribution is -0.123. The lowest BCUT2D eigenvalue weighted by Gasteiger charge is -2.30. The third-order valence-electron chi connectivity index (χ3n) is 6.29. The maximum Gasteiger partial charge on any atom is 0.220 e. The molecule has 0 atom stereocenters. The van der Waals surface area contributed by atoms with E-state index in [-0.39, 0.29) is 43.0 Å². The van der Waals surface area contributed by atoms with Crippen LogP contribution in [0.2, 0.25) is 5.02 Å². The van der Waals surface area contributed by atoms with Crippen LogP contribution in [0.1, 0.15) is 36.8 Å². The number of carbonyl (C=O) groups excluding carboxylic acids is 2. The molecule has 1 saturated heterocycles. The first-order valence-corrected chi connectivity index (χ1v) is 12.1. The second kappa shape index (κ2) is 14.2. The molecule has 1 aliphatic rings. The van der Waals surface area contributed by atoms with Gasteiger partial charge >= 0.3 is 0 Å². The SMILES string of the molecule is COc1cc(COc2cc(N)c(Cl)cc2CC(=O)CCCN2CCC(C(N)=O)CC2)cc(OC)c1.Cl. The zero-order chi connectivity index (χ0) is 25.4. The summed E-state index contributed by atoms with van der Waals surface area (Å²) in [6.45, 7) is 2.74. The van der Waals surface area contributed by atoms with Gasteiger partial charge < -0.3 is 30.6 Å². The Hall–Kier alpha value is -2.68. The summed E-state index contributed by atoms with van der Waals surface area (Å²) in [7, 11) is 3.18. The number of nitrogen functional groups attached to an aromatic ring is 1. The van der Waals surface area contributed by atoms with Crippen molar-refractivity contribution in [1.29, 1.82) is 0 Å². The number of ketones is 1. The van der Waals surface area contributed by atoms with Gasteiger partial charge in [-0.15, -0.1) is 12.4 Å². The molecule has 36 heavy (non-hydrogen) atoms. The summed E-state index contributed by atoms with van der Waals surface area (Å²) in [5, 5.41) is 0.389. The van der Waals surface area contributed by atoms with Crippen molar-refractivity contribution in [1.82, 2.24) is 4.90 Å². The Morgan fingerprint density at radius 1 is 1.06 bits per heavy atom. The van der Waals surface area contributed by atoms with Crippen molar-refractivity contribution < 1.29 is 23.8 Å². The van der Waals surface area contributed by atoms with Gasteiger partial charge in [0, 0.05) is 36.5 Å². The van der Waals surface area contributed by atoms with Crippen LogP contribution in [0.25, 0.3) is 0 Å². The third kappa shape index (κ3) is 8.47. The molecule has 10 heteroatoms. The molecule has 0 bridgehead atoms. The predicted molar refractivity (Wildman–Crippen MR) is 143 cm³/mol. The fourth-order valence-electron chi connectivity index (χ4n) is 4.24. The summed E-state index contributed by atoms with van der Waals surface area (Å²) < 4.78 is 16.7. The zero-order valence-electron chi connectivity index (χ0n) is 20.8. The number of benzene rings is 2. The normalized spacial score (nSPS) is 14.1. The van der Waals surface area contributed by atoms with E-state index in [1.165, 1.54) is 0 Å². The van der Waals surface area contributed by atoms with Gasteiger partial charge in [0.05, 0.1) is 24.9 Å². The second-order valence-corrected chi connectivity index (χ2v) is 9.24. The van der Waals surface area contributed by atoms with Crippen LogP contribution >= 0.6 is 24.0 Å². The van der Waals surface area contributed by atoms with E-state index in [9.17, 15) is 9.59 Å². The number of methoxy groups -OCH3 is 2. The van der Waals surface area contributed by atoms with E-state index in [1.807, 2.05) is 12.1 Å². The number of nitrogens with two attached hydrogens (primary N) is 2. The summed E-state index contributed by atoms with van der Waals surface area (Å²) in [5.41, 5.74) is 13.3. The van der Waals surface area contributed by atoms with Crippen molar-refractivity contribution in [3.05, 3.63) is 46.5 Å². The van der Waals surface area contributed by atoms with Crippen LogP contribution in [-0.2, 0) is 22.6 Å². The van der Waals surface area contributed by atoms with Gasteiger partial charge in [0.25, 0.3) is 0 Å². The molecule has 8 nitrogen and oxygen atoms in total.